The fraction of sp³-hybridized carbons (Fsp3) is 0. The van der Waals surface area contributed by atoms with Gasteiger partial charge in [0.2, 0.25) is 5.43 Å². The summed E-state index contributed by atoms with van der Waals surface area (Å²) >= 11 is 4.05. The average molecular weight is 202 g/mol. The van der Waals surface area contributed by atoms with E-state index in [-0.39, 0.29) is 11.0 Å². The number of fused-ring (bicyclic) bond motifs is 1. The van der Waals surface area contributed by atoms with Crippen LogP contribution in [0.15, 0.2) is 34.1 Å². The minimum absolute atomic E-state index is 0.0621. The van der Waals surface area contributed by atoms with Crippen molar-refractivity contribution >= 4 is 23.5 Å². The molecule has 0 saturated carbocycles. The molecule has 14 heavy (non-hydrogen) atoms. The molecule has 0 bridgehead atoms. The molecule has 0 aliphatic carbocycles. The molecule has 1 aromatic carbocycles. The van der Waals surface area contributed by atoms with Crippen LogP contribution in [0.25, 0.3) is 10.9 Å². The Balaban J connectivity index is 3.03. The van der Waals surface area contributed by atoms with Crippen LogP contribution in [0.3, 0.4) is 0 Å². The molecule has 0 aliphatic heterocycles. The quantitative estimate of drug-likeness (QED) is 0.639. The van der Waals surface area contributed by atoms with Crippen molar-refractivity contribution in [2.75, 3.05) is 0 Å². The highest BCUT2D eigenvalue weighted by atomic mass is 32.1. The van der Waals surface area contributed by atoms with Gasteiger partial charge >= 0.3 is 0 Å². The second-order valence-electron chi connectivity index (χ2n) is 2.84. The highest BCUT2D eigenvalue weighted by Crippen LogP contribution is 2.12. The van der Waals surface area contributed by atoms with E-state index in [4.69, 9.17) is 5.26 Å². The number of hydrogen-bond acceptors (Lipinski definition) is 3. The first-order chi connectivity index (χ1) is 6.74. The van der Waals surface area contributed by atoms with Crippen LogP contribution in [0.4, 0.5) is 0 Å². The first-order valence-corrected chi connectivity index (χ1v) is 4.43. The molecule has 0 radical (unpaired) electrons. The second-order valence-corrected chi connectivity index (χ2v) is 3.28. The Morgan fingerprint density at radius 1 is 1.36 bits per heavy atom. The number of thiol groups is 1. The Hall–Kier alpha value is -1.73. The number of aromatic nitrogens is 1. The van der Waals surface area contributed by atoms with Gasteiger partial charge in [-0.05, 0) is 12.1 Å². The van der Waals surface area contributed by atoms with Gasteiger partial charge in [-0.1, -0.05) is 12.1 Å². The molecule has 0 amide bonds. The number of pyridine rings is 1. The number of aromatic amines is 1. The summed E-state index contributed by atoms with van der Waals surface area (Å²) in [6.07, 6.45) is 0. The van der Waals surface area contributed by atoms with Crippen LogP contribution in [-0.2, 0) is 0 Å². The largest absolute Gasteiger partial charge is 0.349 e. The lowest BCUT2D eigenvalue weighted by atomic mass is 10.1. The maximum Gasteiger partial charge on any atom is 0.208 e. The standard InChI is InChI=1S/C10H6N2OS/c11-5-7-9(13)6-3-1-2-4-8(6)12-10(7)14/h1-4H,(H2,12,13,14). The minimum Gasteiger partial charge on any atom is -0.349 e. The zero-order valence-electron chi connectivity index (χ0n) is 7.11. The van der Waals surface area contributed by atoms with E-state index in [0.717, 1.165) is 0 Å². The van der Waals surface area contributed by atoms with Crippen LogP contribution >= 0.6 is 12.6 Å². The third kappa shape index (κ3) is 1.19. The molecular formula is C10H6N2OS. The third-order valence-electron chi connectivity index (χ3n) is 2.00. The summed E-state index contributed by atoms with van der Waals surface area (Å²) in [6, 6.07) is 8.87. The SMILES string of the molecule is N#Cc1c(S)[nH]c2ccccc2c1=O. The van der Waals surface area contributed by atoms with Gasteiger partial charge in [0.1, 0.15) is 11.6 Å². The van der Waals surface area contributed by atoms with Crippen molar-refractivity contribution in [2.45, 2.75) is 5.03 Å². The van der Waals surface area contributed by atoms with Crippen molar-refractivity contribution in [3.63, 3.8) is 0 Å². The van der Waals surface area contributed by atoms with Gasteiger partial charge in [0, 0.05) is 5.39 Å². The summed E-state index contributed by atoms with van der Waals surface area (Å²) < 4.78 is 0. The molecule has 4 heteroatoms. The molecule has 2 rings (SSSR count). The van der Waals surface area contributed by atoms with Gasteiger partial charge in [0.25, 0.3) is 0 Å². The highest BCUT2D eigenvalue weighted by molar-refractivity contribution is 7.80. The Bertz CT molecular complexity index is 595. The number of H-pyrrole nitrogens is 1. The van der Waals surface area contributed by atoms with Crippen LogP contribution in [0.2, 0.25) is 0 Å². The number of para-hydroxylation sites is 1. The zero-order valence-corrected chi connectivity index (χ0v) is 8.01. The van der Waals surface area contributed by atoms with Crippen molar-refractivity contribution in [1.29, 1.82) is 5.26 Å². The fourth-order valence-electron chi connectivity index (χ4n) is 1.33. The van der Waals surface area contributed by atoms with E-state index in [2.05, 4.69) is 17.6 Å². The van der Waals surface area contributed by atoms with Gasteiger partial charge in [-0.15, -0.1) is 12.6 Å². The maximum absolute atomic E-state index is 11.7. The van der Waals surface area contributed by atoms with E-state index in [0.29, 0.717) is 15.9 Å². The molecule has 0 fully saturated rings. The monoisotopic (exact) mass is 202 g/mol. The predicted octanol–water partition coefficient (Wildman–Crippen LogP) is 1.69. The molecule has 0 unspecified atom stereocenters. The summed E-state index contributed by atoms with van der Waals surface area (Å²) in [5.74, 6) is 0. The van der Waals surface area contributed by atoms with E-state index in [9.17, 15) is 4.79 Å². The van der Waals surface area contributed by atoms with Crippen LogP contribution in [0.1, 0.15) is 5.56 Å². The van der Waals surface area contributed by atoms with Crippen LogP contribution in [-0.4, -0.2) is 4.98 Å². The van der Waals surface area contributed by atoms with E-state index in [1.54, 1.807) is 18.2 Å². The molecule has 0 aliphatic rings. The van der Waals surface area contributed by atoms with E-state index < -0.39 is 0 Å². The maximum atomic E-state index is 11.7. The molecule has 1 heterocycles. The Morgan fingerprint density at radius 2 is 2.07 bits per heavy atom. The molecule has 2 aromatic rings. The average Bonchev–Trinajstić information content (AvgIpc) is 2.18. The van der Waals surface area contributed by atoms with Crippen molar-refractivity contribution in [1.82, 2.24) is 4.98 Å². The first-order valence-electron chi connectivity index (χ1n) is 3.98. The number of hydrogen-bond donors (Lipinski definition) is 2. The molecule has 1 N–H and O–H groups in total. The Kier molecular flexibility index (Phi) is 2.02. The summed E-state index contributed by atoms with van der Waals surface area (Å²) in [5, 5.41) is 9.57. The van der Waals surface area contributed by atoms with Gasteiger partial charge < -0.3 is 4.98 Å². The number of nitrogens with one attached hydrogen (secondary N) is 1. The molecule has 1 aromatic heterocycles. The van der Waals surface area contributed by atoms with Gasteiger partial charge in [0.05, 0.1) is 10.5 Å². The number of benzene rings is 1. The molecule has 3 nitrogen and oxygen atoms in total. The Labute approximate surface area is 85.4 Å². The number of rotatable bonds is 0. The summed E-state index contributed by atoms with van der Waals surface area (Å²) in [7, 11) is 0. The van der Waals surface area contributed by atoms with Crippen LogP contribution in [0, 0.1) is 11.3 Å². The third-order valence-corrected chi connectivity index (χ3v) is 2.34. The minimum atomic E-state index is -0.271. The first kappa shape index (κ1) is 8.85. The summed E-state index contributed by atoms with van der Waals surface area (Å²) in [5.41, 5.74) is 0.486. The summed E-state index contributed by atoms with van der Waals surface area (Å²) in [4.78, 5) is 14.6. The van der Waals surface area contributed by atoms with Crippen LogP contribution < -0.4 is 5.43 Å². The summed E-state index contributed by atoms with van der Waals surface area (Å²) in [6.45, 7) is 0. The number of nitrogens with zero attached hydrogens (tertiary/aromatic N) is 1. The van der Waals surface area contributed by atoms with Crippen molar-refractivity contribution in [2.24, 2.45) is 0 Å². The molecule has 0 atom stereocenters. The number of nitriles is 1. The topological polar surface area (TPSA) is 56.6 Å². The Morgan fingerprint density at radius 3 is 2.79 bits per heavy atom. The van der Waals surface area contributed by atoms with Gasteiger partial charge in [-0.3, -0.25) is 4.79 Å². The predicted molar refractivity (Wildman–Crippen MR) is 56.5 cm³/mol. The van der Waals surface area contributed by atoms with Gasteiger partial charge in [-0.25, -0.2) is 0 Å². The van der Waals surface area contributed by atoms with E-state index in [1.807, 2.05) is 12.1 Å². The lowest BCUT2D eigenvalue weighted by molar-refractivity contribution is 1.15. The smallest absolute Gasteiger partial charge is 0.208 e. The fourth-order valence-corrected chi connectivity index (χ4v) is 1.60. The lowest BCUT2D eigenvalue weighted by Gasteiger charge is -2.00. The second kappa shape index (κ2) is 3.20. The zero-order chi connectivity index (χ0) is 10.1. The molecule has 0 spiro atoms. The molecular weight excluding hydrogens is 196 g/mol. The van der Waals surface area contributed by atoms with Gasteiger partial charge in [-0.2, -0.15) is 5.26 Å². The highest BCUT2D eigenvalue weighted by Gasteiger charge is 2.07. The van der Waals surface area contributed by atoms with Crippen molar-refractivity contribution < 1.29 is 0 Å². The normalized spacial score (nSPS) is 10.0. The molecule has 0 saturated heterocycles. The molecule has 68 valence electrons. The van der Waals surface area contributed by atoms with E-state index >= 15 is 0 Å². The van der Waals surface area contributed by atoms with Crippen LogP contribution in [0.5, 0.6) is 0 Å². The van der Waals surface area contributed by atoms with Gasteiger partial charge in [0.15, 0.2) is 0 Å². The van der Waals surface area contributed by atoms with Crippen molar-refractivity contribution in [3.05, 3.63) is 40.1 Å². The van der Waals surface area contributed by atoms with Crippen molar-refractivity contribution in [3.8, 4) is 6.07 Å². The van der Waals surface area contributed by atoms with E-state index in [1.165, 1.54) is 0 Å². The lowest BCUT2D eigenvalue weighted by Crippen LogP contribution is -2.08.